The largest absolute Gasteiger partial charge is 0.478 e. The molecule has 0 fully saturated rings. The number of hydrogen-bond acceptors (Lipinski definition) is 5. The number of unbranched alkanes of at least 4 members (excludes halogenated alkanes) is 1. The Bertz CT molecular complexity index is 1170. The van der Waals surface area contributed by atoms with E-state index in [1.807, 2.05) is 30.3 Å². The van der Waals surface area contributed by atoms with Crippen LogP contribution in [0.25, 0.3) is 10.9 Å². The number of aromatic nitrogens is 2. The van der Waals surface area contributed by atoms with E-state index in [0.717, 1.165) is 21.8 Å². The SMILES string of the molecule is CCCCc1nc2ccc(Br)cc2c(=O)n1N=Cc1cc(Br)ccc1OCC#N. The van der Waals surface area contributed by atoms with Gasteiger partial charge in [0.1, 0.15) is 17.6 Å². The third kappa shape index (κ3) is 5.11. The smallest absolute Gasteiger partial charge is 0.282 e. The van der Waals surface area contributed by atoms with Gasteiger partial charge < -0.3 is 4.74 Å². The Morgan fingerprint density at radius 1 is 1.24 bits per heavy atom. The summed E-state index contributed by atoms with van der Waals surface area (Å²) in [5.74, 6) is 1.12. The molecule has 3 aromatic rings. The van der Waals surface area contributed by atoms with Gasteiger partial charge in [0.15, 0.2) is 6.61 Å². The molecule has 1 aromatic heterocycles. The number of ether oxygens (including phenoxy) is 1. The number of hydrogen-bond donors (Lipinski definition) is 0. The van der Waals surface area contributed by atoms with Crippen LogP contribution in [0.2, 0.25) is 0 Å². The molecule has 0 amide bonds. The molecule has 0 aliphatic rings. The summed E-state index contributed by atoms with van der Waals surface area (Å²) in [5.41, 5.74) is 1.07. The van der Waals surface area contributed by atoms with Crippen molar-refractivity contribution in [3.8, 4) is 11.8 Å². The molecule has 0 radical (unpaired) electrons. The lowest BCUT2D eigenvalue weighted by atomic mass is 10.2. The molecule has 0 spiro atoms. The van der Waals surface area contributed by atoms with Crippen molar-refractivity contribution in [1.29, 1.82) is 5.26 Å². The third-order valence-electron chi connectivity index (χ3n) is 4.21. The molecule has 0 N–H and O–H groups in total. The van der Waals surface area contributed by atoms with Gasteiger partial charge in [0.05, 0.1) is 17.1 Å². The Hall–Kier alpha value is -2.50. The molecule has 0 bridgehead atoms. The van der Waals surface area contributed by atoms with Gasteiger partial charge in [-0.2, -0.15) is 15.0 Å². The summed E-state index contributed by atoms with van der Waals surface area (Å²) in [6, 6.07) is 12.8. The van der Waals surface area contributed by atoms with Gasteiger partial charge in [-0.1, -0.05) is 45.2 Å². The molecule has 1 heterocycles. The Morgan fingerprint density at radius 2 is 2.00 bits per heavy atom. The average molecular weight is 518 g/mol. The predicted octanol–water partition coefficient (Wildman–Crippen LogP) is 5.05. The van der Waals surface area contributed by atoms with Crippen LogP contribution in [-0.2, 0) is 6.42 Å². The molecular formula is C21H18Br2N4O2. The summed E-state index contributed by atoms with van der Waals surface area (Å²) >= 11 is 6.83. The topological polar surface area (TPSA) is 80.3 Å². The number of nitriles is 1. The maximum absolute atomic E-state index is 13.1. The van der Waals surface area contributed by atoms with Crippen LogP contribution in [0.3, 0.4) is 0 Å². The van der Waals surface area contributed by atoms with Crippen LogP contribution in [0, 0.1) is 11.3 Å². The van der Waals surface area contributed by atoms with E-state index >= 15 is 0 Å². The summed E-state index contributed by atoms with van der Waals surface area (Å²) < 4.78 is 8.45. The summed E-state index contributed by atoms with van der Waals surface area (Å²) in [5, 5.41) is 13.7. The lowest BCUT2D eigenvalue weighted by Gasteiger charge is -2.10. The van der Waals surface area contributed by atoms with Gasteiger partial charge in [-0.25, -0.2) is 4.98 Å². The highest BCUT2D eigenvalue weighted by molar-refractivity contribution is 9.10. The first-order valence-electron chi connectivity index (χ1n) is 9.08. The van der Waals surface area contributed by atoms with Crippen LogP contribution in [0.15, 0.2) is 55.2 Å². The van der Waals surface area contributed by atoms with Gasteiger partial charge in [-0.15, -0.1) is 0 Å². The zero-order valence-electron chi connectivity index (χ0n) is 15.7. The van der Waals surface area contributed by atoms with Gasteiger partial charge >= 0.3 is 0 Å². The van der Waals surface area contributed by atoms with Crippen LogP contribution >= 0.6 is 31.9 Å². The first-order valence-corrected chi connectivity index (χ1v) is 10.7. The lowest BCUT2D eigenvalue weighted by Crippen LogP contribution is -2.22. The van der Waals surface area contributed by atoms with Crippen molar-refractivity contribution in [2.75, 3.05) is 6.61 Å². The van der Waals surface area contributed by atoms with Gasteiger partial charge in [0.2, 0.25) is 0 Å². The standard InChI is InChI=1S/C21H18Br2N4O2/c1-2-3-4-20-26-18-7-5-16(23)12-17(18)21(28)27(20)25-13-14-11-15(22)6-8-19(14)29-10-9-24/h5-8,11-13H,2-4,10H2,1H3. The second kappa shape index (κ2) is 9.81. The molecule has 29 heavy (non-hydrogen) atoms. The number of aryl methyl sites for hydroxylation is 1. The molecule has 2 aromatic carbocycles. The first kappa shape index (κ1) is 21.2. The van der Waals surface area contributed by atoms with E-state index in [9.17, 15) is 4.79 Å². The summed E-state index contributed by atoms with van der Waals surface area (Å²) in [6.45, 7) is 2.01. The average Bonchev–Trinajstić information content (AvgIpc) is 2.71. The van der Waals surface area contributed by atoms with Crippen LogP contribution in [0.1, 0.15) is 31.2 Å². The number of nitrogens with zero attached hydrogens (tertiary/aromatic N) is 4. The van der Waals surface area contributed by atoms with Crippen molar-refractivity contribution >= 4 is 49.0 Å². The summed E-state index contributed by atoms with van der Waals surface area (Å²) in [4.78, 5) is 17.8. The summed E-state index contributed by atoms with van der Waals surface area (Å²) in [7, 11) is 0. The van der Waals surface area contributed by atoms with Crippen LogP contribution in [-0.4, -0.2) is 22.5 Å². The highest BCUT2D eigenvalue weighted by atomic mass is 79.9. The molecular weight excluding hydrogens is 500 g/mol. The number of fused-ring (bicyclic) bond motifs is 1. The van der Waals surface area contributed by atoms with Gasteiger partial charge in [-0.05, 0) is 42.8 Å². The Morgan fingerprint density at radius 3 is 2.76 bits per heavy atom. The fraction of sp³-hybridized carbons (Fsp3) is 0.238. The maximum atomic E-state index is 13.1. The second-order valence-electron chi connectivity index (χ2n) is 6.28. The van der Waals surface area contributed by atoms with E-state index in [-0.39, 0.29) is 12.2 Å². The van der Waals surface area contributed by atoms with Crippen molar-refractivity contribution in [2.45, 2.75) is 26.2 Å². The highest BCUT2D eigenvalue weighted by Gasteiger charge is 2.11. The van der Waals surface area contributed by atoms with E-state index in [0.29, 0.717) is 34.5 Å². The normalized spacial score (nSPS) is 11.1. The van der Waals surface area contributed by atoms with Crippen molar-refractivity contribution < 1.29 is 4.74 Å². The number of halogens is 2. The van der Waals surface area contributed by atoms with Gasteiger partial charge in [0.25, 0.3) is 5.56 Å². The Labute approximate surface area is 185 Å². The second-order valence-corrected chi connectivity index (χ2v) is 8.11. The minimum atomic E-state index is -0.229. The molecule has 8 heteroatoms. The van der Waals surface area contributed by atoms with E-state index in [2.05, 4.69) is 48.9 Å². The molecule has 0 unspecified atom stereocenters. The fourth-order valence-corrected chi connectivity index (χ4v) is 3.53. The maximum Gasteiger partial charge on any atom is 0.282 e. The minimum Gasteiger partial charge on any atom is -0.478 e. The first-order chi connectivity index (χ1) is 14.0. The quantitative estimate of drug-likeness (QED) is 0.411. The highest BCUT2D eigenvalue weighted by Crippen LogP contribution is 2.22. The molecule has 0 aliphatic carbocycles. The van der Waals surface area contributed by atoms with Crippen LogP contribution in [0.5, 0.6) is 5.75 Å². The molecule has 148 valence electrons. The zero-order valence-corrected chi connectivity index (χ0v) is 18.9. The van der Waals surface area contributed by atoms with Crippen molar-refractivity contribution in [3.05, 3.63) is 67.1 Å². The molecule has 6 nitrogen and oxygen atoms in total. The van der Waals surface area contributed by atoms with E-state index in [1.54, 1.807) is 18.3 Å². The Balaban J connectivity index is 2.11. The third-order valence-corrected chi connectivity index (χ3v) is 5.19. The van der Waals surface area contributed by atoms with Crippen molar-refractivity contribution in [1.82, 2.24) is 9.66 Å². The van der Waals surface area contributed by atoms with Crippen molar-refractivity contribution in [2.24, 2.45) is 5.10 Å². The van der Waals surface area contributed by atoms with Crippen LogP contribution in [0.4, 0.5) is 0 Å². The van der Waals surface area contributed by atoms with E-state index < -0.39 is 0 Å². The molecule has 0 saturated heterocycles. The van der Waals surface area contributed by atoms with Crippen LogP contribution < -0.4 is 10.3 Å². The molecule has 0 atom stereocenters. The van der Waals surface area contributed by atoms with E-state index in [1.165, 1.54) is 4.68 Å². The van der Waals surface area contributed by atoms with Crippen molar-refractivity contribution in [3.63, 3.8) is 0 Å². The molecule has 0 saturated carbocycles. The number of rotatable bonds is 7. The molecule has 3 rings (SSSR count). The van der Waals surface area contributed by atoms with Gasteiger partial charge in [-0.3, -0.25) is 4.79 Å². The number of benzene rings is 2. The monoisotopic (exact) mass is 516 g/mol. The summed E-state index contributed by atoms with van der Waals surface area (Å²) in [6.07, 6.45) is 4.08. The Kier molecular flexibility index (Phi) is 7.18. The predicted molar refractivity (Wildman–Crippen MR) is 121 cm³/mol. The fourth-order valence-electron chi connectivity index (χ4n) is 2.79. The zero-order chi connectivity index (χ0) is 20.8. The molecule has 0 aliphatic heterocycles. The van der Waals surface area contributed by atoms with Gasteiger partial charge in [0, 0.05) is 20.9 Å². The minimum absolute atomic E-state index is 0.0737. The lowest BCUT2D eigenvalue weighted by molar-refractivity contribution is 0.367. The van der Waals surface area contributed by atoms with E-state index in [4.69, 9.17) is 10.00 Å².